The van der Waals surface area contributed by atoms with Gasteiger partial charge in [0.05, 0.1) is 6.54 Å². The maximum absolute atomic E-state index is 11.7. The third-order valence-electron chi connectivity index (χ3n) is 2.96. The summed E-state index contributed by atoms with van der Waals surface area (Å²) in [5, 5.41) is 5.38. The van der Waals surface area contributed by atoms with Crippen LogP contribution in [0.25, 0.3) is 0 Å². The van der Waals surface area contributed by atoms with Crippen LogP contribution in [-0.2, 0) is 0 Å². The Morgan fingerprint density at radius 2 is 2.00 bits per heavy atom. The summed E-state index contributed by atoms with van der Waals surface area (Å²) in [5.74, 6) is 1.92. The molecule has 0 saturated heterocycles. The zero-order valence-corrected chi connectivity index (χ0v) is 11.3. The third kappa shape index (κ3) is 3.42. The Kier molecular flexibility index (Phi) is 3.86. The number of amides is 2. The van der Waals surface area contributed by atoms with E-state index in [1.807, 2.05) is 24.3 Å². The number of para-hydroxylation sites is 2. The minimum Gasteiger partial charge on any atom is -0.486 e. The van der Waals surface area contributed by atoms with E-state index >= 15 is 0 Å². The van der Waals surface area contributed by atoms with Crippen LogP contribution in [0.4, 0.5) is 10.6 Å². The van der Waals surface area contributed by atoms with Crippen molar-refractivity contribution in [1.82, 2.24) is 10.3 Å². The largest absolute Gasteiger partial charge is 0.486 e. The van der Waals surface area contributed by atoms with Gasteiger partial charge in [0.25, 0.3) is 0 Å². The van der Waals surface area contributed by atoms with Gasteiger partial charge >= 0.3 is 6.03 Å². The molecular weight excluding hydrogens is 270 g/mol. The molecule has 1 aliphatic rings. The van der Waals surface area contributed by atoms with Crippen LogP contribution in [0.2, 0.25) is 0 Å². The number of pyridine rings is 1. The zero-order chi connectivity index (χ0) is 14.5. The zero-order valence-electron chi connectivity index (χ0n) is 11.3. The monoisotopic (exact) mass is 285 g/mol. The molecule has 2 aromatic rings. The first-order chi connectivity index (χ1) is 10.3. The average molecular weight is 285 g/mol. The van der Waals surface area contributed by atoms with Gasteiger partial charge in [-0.25, -0.2) is 9.78 Å². The molecule has 2 N–H and O–H groups in total. The molecule has 1 aliphatic heterocycles. The first-order valence-electron chi connectivity index (χ1n) is 6.65. The Labute approximate surface area is 122 Å². The lowest BCUT2D eigenvalue weighted by molar-refractivity contribution is 0.0922. The van der Waals surface area contributed by atoms with Gasteiger partial charge in [-0.05, 0) is 24.3 Å². The van der Waals surface area contributed by atoms with Crippen LogP contribution >= 0.6 is 0 Å². The van der Waals surface area contributed by atoms with Gasteiger partial charge in [0.15, 0.2) is 17.6 Å². The standard InChI is InChI=1S/C15H15N3O3/c19-15(18-14-7-3-4-8-16-14)17-9-11-10-20-12-5-1-2-6-13(12)21-11/h1-8,11H,9-10H2,(H2,16,17,18,19)/t11-/m1/s1. The predicted molar refractivity (Wildman–Crippen MR) is 77.6 cm³/mol. The van der Waals surface area contributed by atoms with Crippen LogP contribution in [0, 0.1) is 0 Å². The van der Waals surface area contributed by atoms with Gasteiger partial charge in [0.2, 0.25) is 0 Å². The van der Waals surface area contributed by atoms with Crippen molar-refractivity contribution in [3.05, 3.63) is 48.7 Å². The molecule has 0 unspecified atom stereocenters. The fourth-order valence-electron chi connectivity index (χ4n) is 1.97. The highest BCUT2D eigenvalue weighted by Gasteiger charge is 2.20. The number of aromatic nitrogens is 1. The van der Waals surface area contributed by atoms with Crippen LogP contribution in [0.5, 0.6) is 11.5 Å². The van der Waals surface area contributed by atoms with E-state index in [1.54, 1.807) is 24.4 Å². The number of fused-ring (bicyclic) bond motifs is 1. The quantitative estimate of drug-likeness (QED) is 0.905. The molecule has 0 bridgehead atoms. The Hall–Kier alpha value is -2.76. The SMILES string of the molecule is O=C(NC[C@@H]1COc2ccccc2O1)Nc1ccccn1. The molecule has 21 heavy (non-hydrogen) atoms. The first kappa shape index (κ1) is 13.2. The first-order valence-corrected chi connectivity index (χ1v) is 6.65. The van der Waals surface area contributed by atoms with E-state index < -0.39 is 0 Å². The lowest BCUT2D eigenvalue weighted by Crippen LogP contribution is -2.42. The summed E-state index contributed by atoms with van der Waals surface area (Å²) in [6.45, 7) is 0.758. The normalized spacial score (nSPS) is 16.1. The van der Waals surface area contributed by atoms with Gasteiger partial charge in [-0.15, -0.1) is 0 Å². The summed E-state index contributed by atoms with van der Waals surface area (Å²) in [4.78, 5) is 15.8. The second-order valence-electron chi connectivity index (χ2n) is 4.55. The fourth-order valence-corrected chi connectivity index (χ4v) is 1.97. The van der Waals surface area contributed by atoms with E-state index in [9.17, 15) is 4.79 Å². The third-order valence-corrected chi connectivity index (χ3v) is 2.96. The topological polar surface area (TPSA) is 72.5 Å². The summed E-state index contributed by atoms with van der Waals surface area (Å²) >= 11 is 0. The van der Waals surface area contributed by atoms with E-state index in [1.165, 1.54) is 0 Å². The van der Waals surface area contributed by atoms with Crippen molar-refractivity contribution in [2.24, 2.45) is 0 Å². The van der Waals surface area contributed by atoms with Crippen LogP contribution in [0.3, 0.4) is 0 Å². The van der Waals surface area contributed by atoms with Crippen molar-refractivity contribution in [3.8, 4) is 11.5 Å². The smallest absolute Gasteiger partial charge is 0.320 e. The van der Waals surface area contributed by atoms with Crippen molar-refractivity contribution in [1.29, 1.82) is 0 Å². The van der Waals surface area contributed by atoms with Gasteiger partial charge < -0.3 is 14.8 Å². The highest BCUT2D eigenvalue weighted by Crippen LogP contribution is 2.30. The molecule has 0 spiro atoms. The molecule has 6 heteroatoms. The summed E-state index contributed by atoms with van der Waals surface area (Å²) in [6.07, 6.45) is 1.40. The Morgan fingerprint density at radius 3 is 2.81 bits per heavy atom. The van der Waals surface area contributed by atoms with Crippen molar-refractivity contribution in [2.45, 2.75) is 6.10 Å². The summed E-state index contributed by atoms with van der Waals surface area (Å²) in [6, 6.07) is 12.5. The van der Waals surface area contributed by atoms with Crippen LogP contribution in [0.1, 0.15) is 0 Å². The second kappa shape index (κ2) is 6.13. The summed E-state index contributed by atoms with van der Waals surface area (Å²) in [5.41, 5.74) is 0. The lowest BCUT2D eigenvalue weighted by Gasteiger charge is -2.26. The molecule has 2 heterocycles. The van der Waals surface area contributed by atoms with Gasteiger partial charge in [-0.1, -0.05) is 18.2 Å². The minimum atomic E-state index is -0.323. The lowest BCUT2D eigenvalue weighted by atomic mass is 10.2. The van der Waals surface area contributed by atoms with E-state index in [0.717, 1.165) is 5.75 Å². The fraction of sp³-hybridized carbons (Fsp3) is 0.200. The van der Waals surface area contributed by atoms with Gasteiger partial charge in [-0.3, -0.25) is 5.32 Å². The maximum atomic E-state index is 11.7. The van der Waals surface area contributed by atoms with Crippen LogP contribution in [-0.4, -0.2) is 30.3 Å². The molecule has 1 atom stereocenters. The number of hydrogen-bond acceptors (Lipinski definition) is 4. The molecule has 0 aliphatic carbocycles. The van der Waals surface area contributed by atoms with Crippen LogP contribution < -0.4 is 20.1 Å². The number of benzene rings is 1. The van der Waals surface area contributed by atoms with Crippen molar-refractivity contribution < 1.29 is 14.3 Å². The number of carbonyl (C=O) groups is 1. The molecule has 0 fully saturated rings. The number of carbonyl (C=O) groups excluding carboxylic acids is 1. The number of rotatable bonds is 3. The molecule has 108 valence electrons. The van der Waals surface area contributed by atoms with E-state index in [0.29, 0.717) is 24.7 Å². The predicted octanol–water partition coefficient (Wildman–Crippen LogP) is 2.04. The van der Waals surface area contributed by atoms with Gasteiger partial charge in [0.1, 0.15) is 12.4 Å². The van der Waals surface area contributed by atoms with Crippen molar-refractivity contribution in [3.63, 3.8) is 0 Å². The van der Waals surface area contributed by atoms with E-state index in [4.69, 9.17) is 9.47 Å². The number of ether oxygens (including phenoxy) is 2. The molecule has 2 amide bonds. The van der Waals surface area contributed by atoms with Crippen LogP contribution in [0.15, 0.2) is 48.7 Å². The summed E-state index contributed by atoms with van der Waals surface area (Å²) in [7, 11) is 0. The number of nitrogens with one attached hydrogen (secondary N) is 2. The Balaban J connectivity index is 1.49. The average Bonchev–Trinajstić information content (AvgIpc) is 2.54. The number of urea groups is 1. The minimum absolute atomic E-state index is 0.214. The molecule has 0 saturated carbocycles. The number of hydrogen-bond donors (Lipinski definition) is 2. The van der Waals surface area contributed by atoms with Crippen molar-refractivity contribution >= 4 is 11.8 Å². The molecule has 3 rings (SSSR count). The van der Waals surface area contributed by atoms with Gasteiger partial charge in [-0.2, -0.15) is 0 Å². The van der Waals surface area contributed by atoms with E-state index in [-0.39, 0.29) is 12.1 Å². The second-order valence-corrected chi connectivity index (χ2v) is 4.55. The Morgan fingerprint density at radius 1 is 1.19 bits per heavy atom. The molecule has 1 aromatic carbocycles. The Bertz CT molecular complexity index is 619. The molecule has 1 aromatic heterocycles. The summed E-state index contributed by atoms with van der Waals surface area (Å²) < 4.78 is 11.3. The molecule has 0 radical (unpaired) electrons. The molecular formula is C15H15N3O3. The van der Waals surface area contributed by atoms with Gasteiger partial charge in [0, 0.05) is 6.20 Å². The number of nitrogens with zero attached hydrogens (tertiary/aromatic N) is 1. The highest BCUT2D eigenvalue weighted by molar-refractivity contribution is 5.88. The number of anilines is 1. The highest BCUT2D eigenvalue weighted by atomic mass is 16.6. The molecule has 6 nitrogen and oxygen atoms in total. The van der Waals surface area contributed by atoms with Crippen molar-refractivity contribution in [2.75, 3.05) is 18.5 Å². The maximum Gasteiger partial charge on any atom is 0.320 e. The van der Waals surface area contributed by atoms with E-state index in [2.05, 4.69) is 15.6 Å².